The van der Waals surface area contributed by atoms with E-state index < -0.39 is 11.9 Å². The van der Waals surface area contributed by atoms with E-state index in [0.29, 0.717) is 50.9 Å². The Labute approximate surface area is 365 Å². The summed E-state index contributed by atoms with van der Waals surface area (Å²) in [6, 6.07) is 34.4. The number of benzene rings is 6. The van der Waals surface area contributed by atoms with Gasteiger partial charge in [-0.2, -0.15) is 0 Å². The zero-order valence-corrected chi connectivity index (χ0v) is 36.7. The lowest BCUT2D eigenvalue weighted by atomic mass is 9.90. The number of aromatic carboxylic acids is 2. The van der Waals surface area contributed by atoms with Crippen molar-refractivity contribution < 1.29 is 33.4 Å². The second-order valence-corrected chi connectivity index (χ2v) is 15.7. The second kappa shape index (κ2) is 20.3. The molecule has 0 saturated heterocycles. The van der Waals surface area contributed by atoms with E-state index in [2.05, 4.69) is 25.7 Å². The first-order valence-electron chi connectivity index (χ1n) is 20.4. The van der Waals surface area contributed by atoms with Gasteiger partial charge in [0, 0.05) is 63.8 Å². The van der Waals surface area contributed by atoms with Crippen molar-refractivity contribution in [1.29, 1.82) is 0 Å². The molecule has 0 radical (unpaired) electrons. The topological polar surface area (TPSA) is 164 Å². The molecule has 10 heteroatoms. The van der Waals surface area contributed by atoms with Gasteiger partial charge in [0.05, 0.1) is 11.1 Å². The van der Waals surface area contributed by atoms with Crippen LogP contribution in [-0.2, 0) is 4.79 Å². The van der Waals surface area contributed by atoms with Gasteiger partial charge >= 0.3 is 11.9 Å². The number of Topliss-reactive ketones (excluding diaryl/α,β-unsaturated/α-hetero) is 1. The first kappa shape index (κ1) is 46.5. The maximum atomic E-state index is 11.8. The number of ketones is 1. The van der Waals surface area contributed by atoms with Crippen LogP contribution < -0.4 is 16.2 Å². The first-order valence-corrected chi connectivity index (χ1v) is 20.4. The van der Waals surface area contributed by atoms with E-state index in [1.807, 2.05) is 71.1 Å². The summed E-state index contributed by atoms with van der Waals surface area (Å²) in [4.78, 5) is 57.1. The van der Waals surface area contributed by atoms with Gasteiger partial charge in [-0.25, -0.2) is 9.59 Å². The number of hydrogen-bond donors (Lipinski definition) is 3. The number of carbonyl (C=O) groups excluding carboxylic acids is 1. The van der Waals surface area contributed by atoms with Crippen molar-refractivity contribution in [2.24, 2.45) is 11.8 Å². The molecule has 0 fully saturated rings. The Balaban J connectivity index is 0.000000186. The van der Waals surface area contributed by atoms with Crippen LogP contribution in [0.15, 0.2) is 152 Å². The summed E-state index contributed by atoms with van der Waals surface area (Å²) in [6.45, 7) is 17.3. The highest BCUT2D eigenvalue weighted by Crippen LogP contribution is 2.42. The number of rotatable bonds is 7. The van der Waals surface area contributed by atoms with Crippen LogP contribution in [0.3, 0.4) is 0 Å². The molecule has 322 valence electrons. The van der Waals surface area contributed by atoms with Gasteiger partial charge in [-0.15, -0.1) is 0 Å². The lowest BCUT2D eigenvalue weighted by Crippen LogP contribution is -2.09. The highest BCUT2D eigenvalue weighted by Gasteiger charge is 2.23. The number of carboxylic acid groups (broad SMARTS) is 2. The number of allylic oxidation sites excluding steroid dienone is 1. The van der Waals surface area contributed by atoms with Crippen LogP contribution in [0.25, 0.3) is 66.8 Å². The molecule has 0 amide bonds. The predicted molar refractivity (Wildman–Crippen MR) is 251 cm³/mol. The summed E-state index contributed by atoms with van der Waals surface area (Å²) in [6.07, 6.45) is 0. The van der Waals surface area contributed by atoms with Crippen LogP contribution in [0.4, 0.5) is 0 Å². The summed E-state index contributed by atoms with van der Waals surface area (Å²) in [7, 11) is 1.89. The van der Waals surface area contributed by atoms with Gasteiger partial charge in [0.15, 0.2) is 10.9 Å². The molecular formula is C53H51NO9. The standard InChI is InChI=1S/2C21H14O4.C6H13N.C5H10O/c2*1-12-6-8-16-18(10-12)25-19-11-13(22)7-9-17(19)20(16)14-4-2-3-5-15(14)21(23)24;1-5(2)6(3)7-4;1-4(2)5(3)6/h2*2-11H,1H3,(H,23,24);5,7H,3H2,1-2,4H3;4H,1-3H3. The van der Waals surface area contributed by atoms with Gasteiger partial charge in [-0.1, -0.05) is 94.9 Å². The number of nitrogens with one attached hydrogen (secondary N) is 1. The van der Waals surface area contributed by atoms with Crippen molar-refractivity contribution in [3.63, 3.8) is 0 Å². The molecule has 0 saturated carbocycles. The molecule has 2 aliphatic heterocycles. The van der Waals surface area contributed by atoms with E-state index in [1.165, 1.54) is 24.3 Å². The first-order chi connectivity index (χ1) is 29.9. The van der Waals surface area contributed by atoms with Crippen molar-refractivity contribution in [2.45, 2.75) is 48.5 Å². The fraction of sp³-hybridized carbons (Fsp3) is 0.189. The van der Waals surface area contributed by atoms with Crippen LogP contribution in [0.1, 0.15) is 66.5 Å². The second-order valence-electron chi connectivity index (χ2n) is 15.7. The summed E-state index contributed by atoms with van der Waals surface area (Å²) < 4.78 is 11.8. The zero-order chi connectivity index (χ0) is 46.1. The Hall–Kier alpha value is -7.59. The van der Waals surface area contributed by atoms with Gasteiger partial charge in [-0.3, -0.25) is 14.4 Å². The molecule has 63 heavy (non-hydrogen) atoms. The molecule has 4 aromatic carbocycles. The maximum absolute atomic E-state index is 11.8. The smallest absolute Gasteiger partial charge is 0.336 e. The molecule has 0 spiro atoms. The van der Waals surface area contributed by atoms with E-state index in [1.54, 1.807) is 67.6 Å². The molecule has 4 aromatic rings. The molecule has 3 N–H and O–H groups in total. The van der Waals surface area contributed by atoms with Crippen LogP contribution in [-0.4, -0.2) is 35.0 Å². The summed E-state index contributed by atoms with van der Waals surface area (Å²) in [5.74, 6) is -0.0675. The Bertz CT molecular complexity index is 2840. The zero-order valence-electron chi connectivity index (χ0n) is 36.7. The number of aryl methyl sites for hydroxylation is 2. The third-order valence-electron chi connectivity index (χ3n) is 10.4. The Morgan fingerprint density at radius 2 is 0.937 bits per heavy atom. The van der Waals surface area contributed by atoms with Gasteiger partial charge < -0.3 is 24.4 Å². The Morgan fingerprint density at radius 3 is 1.25 bits per heavy atom. The fourth-order valence-corrected chi connectivity index (χ4v) is 6.60. The van der Waals surface area contributed by atoms with Crippen molar-refractivity contribution in [3.8, 4) is 44.9 Å². The van der Waals surface area contributed by atoms with E-state index in [0.717, 1.165) is 38.7 Å². The number of carboxylic acids is 2. The highest BCUT2D eigenvalue weighted by atomic mass is 16.4. The van der Waals surface area contributed by atoms with Gasteiger partial charge in [-0.05, 0) is 97.5 Å². The predicted octanol–water partition coefficient (Wildman–Crippen LogP) is 11.7. The molecular weight excluding hydrogens is 795 g/mol. The maximum Gasteiger partial charge on any atom is 0.336 e. The summed E-state index contributed by atoms with van der Waals surface area (Å²) in [5.41, 5.74) is 8.64. The van der Waals surface area contributed by atoms with E-state index in [9.17, 15) is 34.2 Å². The van der Waals surface area contributed by atoms with Crippen LogP contribution in [0.2, 0.25) is 0 Å². The van der Waals surface area contributed by atoms with Gasteiger partial charge in [0.25, 0.3) is 0 Å². The number of fused-ring (bicyclic) bond motifs is 4. The molecule has 2 aliphatic carbocycles. The van der Waals surface area contributed by atoms with E-state index >= 15 is 0 Å². The van der Waals surface area contributed by atoms with Gasteiger partial charge in [0.1, 0.15) is 28.5 Å². The van der Waals surface area contributed by atoms with Crippen LogP contribution in [0.5, 0.6) is 0 Å². The van der Waals surface area contributed by atoms with Crippen molar-refractivity contribution in [3.05, 3.63) is 176 Å². The Morgan fingerprint density at radius 1 is 0.556 bits per heavy atom. The third kappa shape index (κ3) is 11.0. The highest BCUT2D eigenvalue weighted by molar-refractivity contribution is 6.08. The van der Waals surface area contributed by atoms with Crippen molar-refractivity contribution >= 4 is 39.7 Å². The third-order valence-corrected chi connectivity index (χ3v) is 10.4. The van der Waals surface area contributed by atoms with Gasteiger partial charge in [0.2, 0.25) is 0 Å². The molecule has 10 nitrogen and oxygen atoms in total. The lowest BCUT2D eigenvalue weighted by molar-refractivity contribution is -0.119. The van der Waals surface area contributed by atoms with E-state index in [-0.39, 0.29) is 33.7 Å². The average molecular weight is 846 g/mol. The van der Waals surface area contributed by atoms with Crippen molar-refractivity contribution in [1.82, 2.24) is 5.32 Å². The van der Waals surface area contributed by atoms with E-state index in [4.69, 9.17) is 8.83 Å². The summed E-state index contributed by atoms with van der Waals surface area (Å²) in [5, 5.41) is 23.8. The number of carbonyl (C=O) groups is 3. The lowest BCUT2D eigenvalue weighted by Gasteiger charge is -2.16. The normalized spacial score (nSPS) is 10.7. The minimum Gasteiger partial charge on any atom is -0.478 e. The van der Waals surface area contributed by atoms with Crippen LogP contribution in [0, 0.1) is 25.7 Å². The number of hydrogen-bond acceptors (Lipinski definition) is 8. The summed E-state index contributed by atoms with van der Waals surface area (Å²) >= 11 is 0. The van der Waals surface area contributed by atoms with Crippen LogP contribution >= 0.6 is 0 Å². The average Bonchev–Trinajstić information content (AvgIpc) is 3.24. The monoisotopic (exact) mass is 845 g/mol. The molecule has 0 unspecified atom stereocenters. The SMILES string of the molecule is C=C(NC)C(C)C.CC(=O)C(C)C.Cc1ccc2c(-c3ccccc3C(=O)O)c3ccc(=O)cc-3oc2c1.Cc1ccc2c(-c3ccccc3C(=O)O)c3ccc(=O)cc-3oc2c1. The molecule has 0 atom stereocenters. The quantitative estimate of drug-likeness (QED) is 0.132. The largest absolute Gasteiger partial charge is 0.478 e. The molecule has 0 bridgehead atoms. The Kier molecular flexibility index (Phi) is 15.0. The molecule has 4 aliphatic rings. The molecule has 0 aromatic heterocycles. The minimum absolute atomic E-state index is 0.152. The molecule has 2 heterocycles. The fourth-order valence-electron chi connectivity index (χ4n) is 6.60. The minimum atomic E-state index is -0.995. The molecule has 8 rings (SSSR count). The van der Waals surface area contributed by atoms with Crippen molar-refractivity contribution in [2.75, 3.05) is 7.05 Å².